The Labute approximate surface area is 126 Å². The number of rotatable bonds is 4. The predicted molar refractivity (Wildman–Crippen MR) is 82.7 cm³/mol. The largest absolute Gasteiger partial charge is 0.339 e. The lowest BCUT2D eigenvalue weighted by Gasteiger charge is -2.11. The summed E-state index contributed by atoms with van der Waals surface area (Å²) in [5.74, 6) is -0.0940. The number of anilines is 1. The first-order chi connectivity index (χ1) is 9.69. The zero-order chi connectivity index (χ0) is 14.1. The molecule has 1 fully saturated rings. The summed E-state index contributed by atoms with van der Waals surface area (Å²) < 4.78 is 2.98. The Bertz CT molecular complexity index is 646. The molecule has 0 radical (unpaired) electrons. The van der Waals surface area contributed by atoms with Gasteiger partial charge in [0.15, 0.2) is 0 Å². The fourth-order valence-corrected chi connectivity index (χ4v) is 2.73. The van der Waals surface area contributed by atoms with Crippen molar-refractivity contribution in [2.45, 2.75) is 25.4 Å². The Balaban J connectivity index is 1.86. The van der Waals surface area contributed by atoms with E-state index in [4.69, 9.17) is 5.73 Å². The number of benzene rings is 1. The van der Waals surface area contributed by atoms with Crippen LogP contribution in [0.5, 0.6) is 0 Å². The van der Waals surface area contributed by atoms with Crippen LogP contribution in [0.25, 0.3) is 0 Å². The van der Waals surface area contributed by atoms with Gasteiger partial charge in [-0.05, 0) is 46.5 Å². The predicted octanol–water partition coefficient (Wildman–Crippen LogP) is 3.30. The molecule has 1 aromatic heterocycles. The molecule has 0 aliphatic heterocycles. The molecule has 1 aliphatic carbocycles. The molecule has 3 rings (SSSR count). The summed E-state index contributed by atoms with van der Waals surface area (Å²) in [5.41, 5.74) is 8.09. The number of halogens is 1. The normalized spacial score (nSPS) is 14.3. The van der Waals surface area contributed by atoms with Crippen LogP contribution in [0.4, 0.5) is 5.69 Å². The number of nitrogens with one attached hydrogen (secondary N) is 1. The van der Waals surface area contributed by atoms with Crippen LogP contribution in [-0.4, -0.2) is 10.5 Å². The van der Waals surface area contributed by atoms with Crippen LogP contribution in [0.3, 0.4) is 0 Å². The molecule has 4 nitrogen and oxygen atoms in total. The van der Waals surface area contributed by atoms with Gasteiger partial charge >= 0.3 is 0 Å². The summed E-state index contributed by atoms with van der Waals surface area (Å²) in [6, 6.07) is 9.93. The van der Waals surface area contributed by atoms with Crippen LogP contribution in [0.2, 0.25) is 0 Å². The van der Waals surface area contributed by atoms with E-state index in [2.05, 4.69) is 21.2 Å². The van der Waals surface area contributed by atoms with Gasteiger partial charge in [0.05, 0.1) is 0 Å². The number of hydrogen-bond acceptors (Lipinski definition) is 2. The van der Waals surface area contributed by atoms with Gasteiger partial charge in [-0.25, -0.2) is 0 Å². The molecule has 0 bridgehead atoms. The highest BCUT2D eigenvalue weighted by molar-refractivity contribution is 9.10. The van der Waals surface area contributed by atoms with E-state index in [0.29, 0.717) is 18.3 Å². The highest BCUT2D eigenvalue weighted by Gasteiger charge is 2.27. The van der Waals surface area contributed by atoms with Crippen LogP contribution in [0.15, 0.2) is 41.0 Å². The smallest absolute Gasteiger partial charge is 0.272 e. The molecule has 2 aromatic rings. The minimum absolute atomic E-state index is 0.0940. The average Bonchev–Trinajstić information content (AvgIpc) is 3.22. The first kappa shape index (κ1) is 13.4. The number of aromatic nitrogens is 1. The van der Waals surface area contributed by atoms with Crippen molar-refractivity contribution < 1.29 is 4.79 Å². The third-order valence-electron chi connectivity index (χ3n) is 3.47. The second-order valence-corrected chi connectivity index (χ2v) is 5.91. The third kappa shape index (κ3) is 2.64. The zero-order valence-corrected chi connectivity index (χ0v) is 12.6. The van der Waals surface area contributed by atoms with Crippen LogP contribution < -0.4 is 11.1 Å². The average molecular weight is 334 g/mol. The van der Waals surface area contributed by atoms with E-state index in [1.807, 2.05) is 41.1 Å². The van der Waals surface area contributed by atoms with E-state index in [1.54, 1.807) is 0 Å². The number of amides is 1. The first-order valence-electron chi connectivity index (χ1n) is 6.65. The lowest BCUT2D eigenvalue weighted by Crippen LogP contribution is -2.17. The second-order valence-electron chi connectivity index (χ2n) is 5.00. The van der Waals surface area contributed by atoms with Crippen molar-refractivity contribution in [1.82, 2.24) is 4.57 Å². The van der Waals surface area contributed by atoms with Gasteiger partial charge in [-0.15, -0.1) is 0 Å². The quantitative estimate of drug-likeness (QED) is 0.901. The topological polar surface area (TPSA) is 60.0 Å². The molecule has 0 saturated heterocycles. The van der Waals surface area contributed by atoms with Crippen LogP contribution in [0.1, 0.15) is 34.9 Å². The van der Waals surface area contributed by atoms with Crippen molar-refractivity contribution in [3.8, 4) is 0 Å². The van der Waals surface area contributed by atoms with Crippen molar-refractivity contribution in [2.24, 2.45) is 5.73 Å². The molecular formula is C15H16BrN3O. The Morgan fingerprint density at radius 3 is 2.85 bits per heavy atom. The number of nitrogens with zero attached hydrogens (tertiary/aromatic N) is 1. The molecule has 20 heavy (non-hydrogen) atoms. The van der Waals surface area contributed by atoms with Crippen molar-refractivity contribution in [1.29, 1.82) is 0 Å². The Morgan fingerprint density at radius 1 is 1.40 bits per heavy atom. The zero-order valence-electron chi connectivity index (χ0n) is 11.0. The molecule has 1 saturated carbocycles. The summed E-state index contributed by atoms with van der Waals surface area (Å²) in [7, 11) is 0. The summed E-state index contributed by atoms with van der Waals surface area (Å²) in [5, 5.41) is 2.95. The molecule has 1 aromatic carbocycles. The Hall–Kier alpha value is -1.59. The Kier molecular flexibility index (Phi) is 3.63. The third-order valence-corrected chi connectivity index (χ3v) is 3.91. The van der Waals surface area contributed by atoms with E-state index >= 15 is 0 Å². The van der Waals surface area contributed by atoms with Gasteiger partial charge in [-0.1, -0.05) is 18.2 Å². The van der Waals surface area contributed by atoms with E-state index < -0.39 is 0 Å². The highest BCUT2D eigenvalue weighted by atomic mass is 79.9. The van der Waals surface area contributed by atoms with E-state index in [-0.39, 0.29) is 5.91 Å². The van der Waals surface area contributed by atoms with Crippen molar-refractivity contribution >= 4 is 27.5 Å². The molecule has 1 amide bonds. The standard InChI is InChI=1S/C15H16BrN3O/c16-11-7-14(19(9-11)12-5-6-12)15(20)18-13-4-2-1-3-10(13)8-17/h1-4,7,9,12H,5-6,8,17H2,(H,18,20). The number of hydrogen-bond donors (Lipinski definition) is 2. The molecule has 3 N–H and O–H groups in total. The number of para-hydroxylation sites is 1. The van der Waals surface area contributed by atoms with E-state index in [0.717, 1.165) is 28.6 Å². The SMILES string of the molecule is NCc1ccccc1NC(=O)c1cc(Br)cn1C1CC1. The lowest BCUT2D eigenvalue weighted by molar-refractivity contribution is 0.101. The van der Waals surface area contributed by atoms with Crippen LogP contribution in [0, 0.1) is 0 Å². The second kappa shape index (κ2) is 5.42. The minimum atomic E-state index is -0.0940. The lowest BCUT2D eigenvalue weighted by atomic mass is 10.2. The molecule has 0 spiro atoms. The summed E-state index contributed by atoms with van der Waals surface area (Å²) in [6.07, 6.45) is 4.25. The van der Waals surface area contributed by atoms with Crippen molar-refractivity contribution in [2.75, 3.05) is 5.32 Å². The van der Waals surface area contributed by atoms with E-state index in [1.165, 1.54) is 0 Å². The van der Waals surface area contributed by atoms with Crippen LogP contribution >= 0.6 is 15.9 Å². The molecular weight excluding hydrogens is 318 g/mol. The molecule has 1 aliphatic rings. The number of nitrogens with two attached hydrogens (primary N) is 1. The van der Waals surface area contributed by atoms with Gasteiger partial charge in [-0.3, -0.25) is 4.79 Å². The molecule has 0 atom stereocenters. The fraction of sp³-hybridized carbons (Fsp3) is 0.267. The minimum Gasteiger partial charge on any atom is -0.339 e. The maximum atomic E-state index is 12.5. The van der Waals surface area contributed by atoms with Gasteiger partial charge in [0.25, 0.3) is 5.91 Å². The van der Waals surface area contributed by atoms with Gasteiger partial charge in [0.2, 0.25) is 0 Å². The molecule has 104 valence electrons. The van der Waals surface area contributed by atoms with Crippen molar-refractivity contribution in [3.63, 3.8) is 0 Å². The molecule has 1 heterocycles. The van der Waals surface area contributed by atoms with Gasteiger partial charge in [-0.2, -0.15) is 0 Å². The van der Waals surface area contributed by atoms with E-state index in [9.17, 15) is 4.79 Å². The van der Waals surface area contributed by atoms with Crippen LogP contribution in [-0.2, 0) is 6.54 Å². The molecule has 5 heteroatoms. The number of carbonyl (C=O) groups is 1. The monoisotopic (exact) mass is 333 g/mol. The highest BCUT2D eigenvalue weighted by Crippen LogP contribution is 2.37. The Morgan fingerprint density at radius 2 is 2.15 bits per heavy atom. The fourth-order valence-electron chi connectivity index (χ4n) is 2.29. The van der Waals surface area contributed by atoms with Crippen molar-refractivity contribution in [3.05, 3.63) is 52.3 Å². The van der Waals surface area contributed by atoms with Gasteiger partial charge in [0.1, 0.15) is 5.69 Å². The summed E-state index contributed by atoms with van der Waals surface area (Å²) >= 11 is 3.44. The molecule has 0 unspecified atom stereocenters. The van der Waals surface area contributed by atoms with Gasteiger partial charge < -0.3 is 15.6 Å². The van der Waals surface area contributed by atoms with Gasteiger partial charge in [0, 0.05) is 28.9 Å². The summed E-state index contributed by atoms with van der Waals surface area (Å²) in [4.78, 5) is 12.5. The first-order valence-corrected chi connectivity index (χ1v) is 7.45. The number of carbonyl (C=O) groups excluding carboxylic acids is 1. The summed E-state index contributed by atoms with van der Waals surface area (Å²) in [6.45, 7) is 0.407. The maximum absolute atomic E-state index is 12.5. The maximum Gasteiger partial charge on any atom is 0.272 e.